The van der Waals surface area contributed by atoms with Crippen molar-refractivity contribution in [3.8, 4) is 0 Å². The lowest BCUT2D eigenvalue weighted by molar-refractivity contribution is -0.432. The molecule has 0 unspecified atom stereocenters. The summed E-state index contributed by atoms with van der Waals surface area (Å²) in [6, 6.07) is 11.7. The molecule has 5 aromatic rings. The Kier molecular flexibility index (Phi) is 13.7. The maximum Gasteiger partial charge on any atom is 0.397 e. The van der Waals surface area contributed by atoms with Gasteiger partial charge in [0.2, 0.25) is 17.2 Å². The predicted molar refractivity (Wildman–Crippen MR) is 205 cm³/mol. The maximum absolute atomic E-state index is 12.5. The molecule has 0 aliphatic carbocycles. The van der Waals surface area contributed by atoms with E-state index in [1.165, 1.54) is 48.5 Å². The number of azo groups is 1. The number of primary amides is 1. The summed E-state index contributed by atoms with van der Waals surface area (Å²) in [7, 11) is -18.9. The van der Waals surface area contributed by atoms with Crippen LogP contribution in [0.15, 0.2) is 96.5 Å². The van der Waals surface area contributed by atoms with Gasteiger partial charge in [-0.2, -0.15) is 40.2 Å². The van der Waals surface area contributed by atoms with Crippen LogP contribution in [-0.2, 0) is 54.0 Å². The number of benzene rings is 4. The van der Waals surface area contributed by atoms with Gasteiger partial charge in [-0.1, -0.05) is 5.04 Å². The Morgan fingerprint density at radius 2 is 1.39 bits per heavy atom. The van der Waals surface area contributed by atoms with Gasteiger partial charge >= 0.3 is 16.4 Å². The molecule has 5 rings (SSSR count). The number of carbonyl (C=O) groups excluding carboxylic acids is 1. The van der Waals surface area contributed by atoms with Crippen molar-refractivity contribution in [1.82, 2.24) is 15.0 Å². The Balaban J connectivity index is 1.42. The second-order valence-electron chi connectivity index (χ2n) is 11.2. The lowest BCUT2D eigenvalue weighted by Gasteiger charge is -2.12. The molecule has 0 spiro atoms. The van der Waals surface area contributed by atoms with Crippen molar-refractivity contribution in [2.24, 2.45) is 16.0 Å². The van der Waals surface area contributed by atoms with Gasteiger partial charge in [0.25, 0.3) is 20.2 Å². The standard InChI is InChI=1S/C28H24ClN9O16S5/c29-25-34-27(31-15-1-4-18(5-2-15)56(41,42)8-7-52-59(49,50)51)36-28(35-25)32-16-3-6-20(21(11-16)33-26(30)39)37-38-22-13-19-14(10-24(22)58(46,47)48)9-17(55-54-53-40)12-23(19)57(43,44)45/h1-6,9-13,40H,7-8H2,(H3,30,33,39)(H,43,44,45)(H,46,47,48)(H,49,50,51)(H2,31,32,34,35,36)/b38-37+. The molecule has 0 aliphatic heterocycles. The lowest BCUT2D eigenvalue weighted by Crippen LogP contribution is -2.19. The number of carbonyl (C=O) groups is 1. The highest BCUT2D eigenvalue weighted by Crippen LogP contribution is 2.38. The molecular formula is C28H24ClN9O16S5. The number of hydrogen-bond donors (Lipinski definition) is 8. The van der Waals surface area contributed by atoms with Crippen LogP contribution in [-0.4, -0.2) is 85.9 Å². The normalized spacial score (nSPS) is 12.5. The molecule has 0 bridgehead atoms. The molecule has 59 heavy (non-hydrogen) atoms. The number of sulfone groups is 1. The minimum Gasteiger partial charge on any atom is -0.351 e. The third-order valence-corrected chi connectivity index (χ3v) is 11.8. The number of amides is 2. The Morgan fingerprint density at radius 1 is 0.780 bits per heavy atom. The SMILES string of the molecule is NC(=O)Nc1cc(Nc2nc(Cl)nc(Nc3ccc(S(=O)(=O)CCOS(=O)(=O)O)cc3)n2)ccc1/N=N/c1cc2c(S(=O)(=O)O)cc(SOOO)cc2cc1S(=O)(=O)O. The van der Waals surface area contributed by atoms with E-state index in [9.17, 15) is 47.6 Å². The van der Waals surface area contributed by atoms with E-state index in [2.05, 4.69) is 54.7 Å². The van der Waals surface area contributed by atoms with Crippen LogP contribution in [0.5, 0.6) is 0 Å². The van der Waals surface area contributed by atoms with E-state index in [0.717, 1.165) is 18.2 Å². The van der Waals surface area contributed by atoms with Crippen LogP contribution in [0.3, 0.4) is 0 Å². The number of halogens is 1. The highest BCUT2D eigenvalue weighted by atomic mass is 35.5. The van der Waals surface area contributed by atoms with E-state index in [1.807, 2.05) is 0 Å². The molecule has 0 saturated carbocycles. The van der Waals surface area contributed by atoms with Crippen LogP contribution in [0, 0.1) is 0 Å². The zero-order chi connectivity index (χ0) is 43.3. The summed E-state index contributed by atoms with van der Waals surface area (Å²) in [4.78, 5) is 22.1. The first-order valence-corrected chi connectivity index (χ1v) is 22.3. The molecule has 0 fully saturated rings. The first-order valence-electron chi connectivity index (χ1n) is 15.2. The van der Waals surface area contributed by atoms with Crippen LogP contribution in [0.4, 0.5) is 45.1 Å². The number of nitrogens with zero attached hydrogens (tertiary/aromatic N) is 5. The summed E-state index contributed by atoms with van der Waals surface area (Å²) in [5.41, 5.74) is 4.86. The van der Waals surface area contributed by atoms with Gasteiger partial charge in [0, 0.05) is 21.7 Å². The van der Waals surface area contributed by atoms with Gasteiger partial charge in [0.1, 0.15) is 21.2 Å². The third kappa shape index (κ3) is 12.4. The molecule has 1 aromatic heterocycles. The molecule has 4 aromatic carbocycles. The molecule has 0 atom stereocenters. The topological polar surface area (TPSA) is 388 Å². The lowest BCUT2D eigenvalue weighted by atomic mass is 10.1. The highest BCUT2D eigenvalue weighted by Gasteiger charge is 2.23. The molecule has 2 amide bonds. The van der Waals surface area contributed by atoms with Crippen molar-refractivity contribution < 1.29 is 70.9 Å². The quantitative estimate of drug-likeness (QED) is 0.0208. The number of rotatable bonds is 17. The van der Waals surface area contributed by atoms with Gasteiger partial charge in [-0.25, -0.2) is 22.7 Å². The third-order valence-electron chi connectivity index (χ3n) is 7.12. The van der Waals surface area contributed by atoms with Crippen molar-refractivity contribution in [3.05, 3.63) is 72.0 Å². The fraction of sp³-hybridized carbons (Fsp3) is 0.0714. The highest BCUT2D eigenvalue weighted by molar-refractivity contribution is 7.94. The van der Waals surface area contributed by atoms with Crippen LogP contribution in [0.2, 0.25) is 5.28 Å². The summed E-state index contributed by atoms with van der Waals surface area (Å²) < 4.78 is 132. The Morgan fingerprint density at radius 3 is 1.98 bits per heavy atom. The van der Waals surface area contributed by atoms with Crippen LogP contribution in [0.25, 0.3) is 10.8 Å². The summed E-state index contributed by atoms with van der Waals surface area (Å²) in [5.74, 6) is -1.04. The fourth-order valence-electron chi connectivity index (χ4n) is 4.79. The van der Waals surface area contributed by atoms with Crippen molar-refractivity contribution in [2.45, 2.75) is 19.6 Å². The second-order valence-corrected chi connectivity index (χ2v) is 18.2. The van der Waals surface area contributed by atoms with Gasteiger partial charge in [-0.05, 0) is 83.7 Å². The van der Waals surface area contributed by atoms with Crippen molar-refractivity contribution in [3.63, 3.8) is 0 Å². The molecule has 1 heterocycles. The molecule has 0 aliphatic rings. The van der Waals surface area contributed by atoms with E-state index in [-0.39, 0.29) is 60.5 Å². The van der Waals surface area contributed by atoms with E-state index < -0.39 is 74.3 Å². The number of urea groups is 1. The van der Waals surface area contributed by atoms with E-state index >= 15 is 0 Å². The average Bonchev–Trinajstić information content (AvgIpc) is 3.11. The number of hydrogen-bond acceptors (Lipinski definition) is 21. The number of nitrogens with two attached hydrogens (primary N) is 1. The average molecular weight is 938 g/mol. The summed E-state index contributed by atoms with van der Waals surface area (Å²) in [6.07, 6.45) is 0. The summed E-state index contributed by atoms with van der Waals surface area (Å²) in [5, 5.41) is 26.9. The fourth-order valence-corrected chi connectivity index (χ4v) is 8.34. The predicted octanol–water partition coefficient (Wildman–Crippen LogP) is 4.59. The van der Waals surface area contributed by atoms with Gasteiger partial charge in [0.05, 0.1) is 35.0 Å². The van der Waals surface area contributed by atoms with Gasteiger partial charge in [-0.15, -0.1) is 14.6 Å². The minimum absolute atomic E-state index is 0.0917. The minimum atomic E-state index is -5.08. The molecule has 25 nitrogen and oxygen atoms in total. The molecule has 31 heteroatoms. The van der Waals surface area contributed by atoms with Gasteiger partial charge in [0.15, 0.2) is 9.84 Å². The number of fused-ring (bicyclic) bond motifs is 1. The smallest absolute Gasteiger partial charge is 0.351 e. The molecule has 0 radical (unpaired) electrons. The number of aromatic nitrogens is 3. The Labute approximate surface area is 341 Å². The van der Waals surface area contributed by atoms with Crippen LogP contribution < -0.4 is 21.7 Å². The largest absolute Gasteiger partial charge is 0.397 e. The first kappa shape index (κ1) is 44.9. The summed E-state index contributed by atoms with van der Waals surface area (Å²) >= 11 is 6.39. The van der Waals surface area contributed by atoms with Crippen LogP contribution in [0.1, 0.15) is 0 Å². The van der Waals surface area contributed by atoms with E-state index in [4.69, 9.17) is 27.1 Å². The van der Waals surface area contributed by atoms with E-state index in [1.54, 1.807) is 0 Å². The maximum atomic E-state index is 12.5. The summed E-state index contributed by atoms with van der Waals surface area (Å²) in [6.45, 7) is -0.818. The van der Waals surface area contributed by atoms with Crippen molar-refractivity contribution in [2.75, 3.05) is 28.3 Å². The molecule has 0 saturated heterocycles. The first-order chi connectivity index (χ1) is 27.5. The Bertz CT molecular complexity index is 2930. The van der Waals surface area contributed by atoms with Crippen molar-refractivity contribution in [1.29, 1.82) is 0 Å². The Hall–Kier alpha value is -5.22. The zero-order valence-corrected chi connectivity index (χ0v) is 33.5. The number of nitrogens with one attached hydrogen (secondary N) is 3. The molecular weight excluding hydrogens is 914 g/mol. The van der Waals surface area contributed by atoms with Gasteiger partial charge < -0.3 is 21.7 Å². The van der Waals surface area contributed by atoms with Crippen molar-refractivity contribution >= 4 is 121 Å². The monoisotopic (exact) mass is 937 g/mol. The van der Waals surface area contributed by atoms with E-state index in [0.29, 0.717) is 12.0 Å². The zero-order valence-electron chi connectivity index (χ0n) is 28.7. The molecule has 9 N–H and O–H groups in total. The van der Waals surface area contributed by atoms with Gasteiger partial charge in [-0.3, -0.25) is 13.7 Å². The number of anilines is 5. The molecule has 314 valence electrons. The second kappa shape index (κ2) is 18.0. The van der Waals surface area contributed by atoms with Crippen LogP contribution >= 0.6 is 23.6 Å².